The van der Waals surface area contributed by atoms with Crippen molar-refractivity contribution in [2.24, 2.45) is 0 Å². The summed E-state index contributed by atoms with van der Waals surface area (Å²) in [6.07, 6.45) is 2.11. The molecule has 5 nitrogen and oxygen atoms in total. The minimum absolute atomic E-state index is 0.0862. The van der Waals surface area contributed by atoms with E-state index < -0.39 is 0 Å². The van der Waals surface area contributed by atoms with E-state index in [2.05, 4.69) is 69.2 Å². The number of H-pyrrole nitrogens is 1. The first kappa shape index (κ1) is 20.0. The maximum atomic E-state index is 12.2. The third-order valence-electron chi connectivity index (χ3n) is 5.30. The minimum atomic E-state index is -0.117. The van der Waals surface area contributed by atoms with Crippen molar-refractivity contribution in [3.63, 3.8) is 0 Å². The summed E-state index contributed by atoms with van der Waals surface area (Å²) in [5, 5.41) is 6.29. The Bertz CT molecular complexity index is 914. The molecule has 0 fully saturated rings. The monoisotopic (exact) mass is 379 g/mol. The summed E-state index contributed by atoms with van der Waals surface area (Å²) < 4.78 is 0. The molecule has 0 radical (unpaired) electrons. The zero-order chi connectivity index (χ0) is 20.1. The highest BCUT2D eigenvalue weighted by atomic mass is 16.2. The quantitative estimate of drug-likeness (QED) is 0.563. The number of carbonyl (C=O) groups is 1. The molecule has 148 valence electrons. The van der Waals surface area contributed by atoms with Crippen LogP contribution in [0.4, 0.5) is 5.69 Å². The fourth-order valence-corrected chi connectivity index (χ4v) is 3.61. The number of hydrogen-bond acceptors (Lipinski definition) is 2. The van der Waals surface area contributed by atoms with E-state index in [9.17, 15) is 4.79 Å². The second-order valence-corrected chi connectivity index (χ2v) is 7.48. The Morgan fingerprint density at radius 3 is 2.54 bits per heavy atom. The van der Waals surface area contributed by atoms with Crippen LogP contribution in [-0.2, 0) is 4.79 Å². The van der Waals surface area contributed by atoms with E-state index in [-0.39, 0.29) is 17.9 Å². The van der Waals surface area contributed by atoms with Crippen molar-refractivity contribution in [2.45, 2.75) is 25.8 Å². The molecule has 2 aromatic carbocycles. The molecule has 2 atom stereocenters. The Hall–Kier alpha value is -2.79. The van der Waals surface area contributed by atoms with E-state index >= 15 is 0 Å². The molecule has 1 aromatic heterocycles. The fourth-order valence-electron chi connectivity index (χ4n) is 3.61. The molecule has 0 unspecified atom stereocenters. The lowest BCUT2D eigenvalue weighted by Gasteiger charge is -2.20. The number of nitrogens with one attached hydrogen (secondary N) is 2. The van der Waals surface area contributed by atoms with Crippen molar-refractivity contribution in [2.75, 3.05) is 32.1 Å². The lowest BCUT2D eigenvalue weighted by Crippen LogP contribution is -2.92. The van der Waals surface area contributed by atoms with E-state index in [0.717, 1.165) is 12.1 Å². The van der Waals surface area contributed by atoms with Crippen LogP contribution in [0, 0.1) is 0 Å². The summed E-state index contributed by atoms with van der Waals surface area (Å²) >= 11 is 0. The highest BCUT2D eigenvalue weighted by Crippen LogP contribution is 2.30. The molecule has 28 heavy (non-hydrogen) atoms. The van der Waals surface area contributed by atoms with E-state index in [4.69, 9.17) is 0 Å². The van der Waals surface area contributed by atoms with Gasteiger partial charge in [0.1, 0.15) is 0 Å². The molecule has 3 aromatic rings. The molecule has 0 saturated heterocycles. The number of para-hydroxylation sites is 1. The van der Waals surface area contributed by atoms with Crippen LogP contribution in [0.2, 0.25) is 0 Å². The smallest absolute Gasteiger partial charge is 0.277 e. The maximum absolute atomic E-state index is 12.2. The van der Waals surface area contributed by atoms with Gasteiger partial charge in [0.05, 0.1) is 12.5 Å². The molecule has 5 heteroatoms. The van der Waals surface area contributed by atoms with Crippen LogP contribution in [0.5, 0.6) is 0 Å². The first-order chi connectivity index (χ1) is 13.5. The third-order valence-corrected chi connectivity index (χ3v) is 5.30. The number of carbonyl (C=O) groups excluding carboxylic acids is 1. The van der Waals surface area contributed by atoms with Crippen LogP contribution in [0.25, 0.3) is 10.9 Å². The van der Waals surface area contributed by atoms with Gasteiger partial charge in [-0.25, -0.2) is 0 Å². The van der Waals surface area contributed by atoms with Crippen molar-refractivity contribution < 1.29 is 10.1 Å². The first-order valence-corrected chi connectivity index (χ1v) is 9.95. The molecule has 0 saturated carbocycles. The van der Waals surface area contributed by atoms with Crippen molar-refractivity contribution in [3.8, 4) is 0 Å². The van der Waals surface area contributed by atoms with Crippen LogP contribution in [0.3, 0.4) is 0 Å². The van der Waals surface area contributed by atoms with Gasteiger partial charge in [-0.05, 0) is 43.2 Å². The molecular formula is C23H31N4O+. The standard InChI is InChI=1S/C23H30N4O/c1-5-24-23(28)16(2)25-14-20(17-10-12-18(13-11-17)27(3)4)21-15-26-22-9-7-6-8-19(21)22/h6-13,15-16,20,25-26H,5,14H2,1-4H3,(H,24,28)/p+1/t16-,20+/m1/s1. The number of aromatic amines is 1. The number of rotatable bonds is 8. The van der Waals surface area contributed by atoms with Crippen LogP contribution in [0.15, 0.2) is 54.7 Å². The van der Waals surface area contributed by atoms with Crippen molar-refractivity contribution in [1.82, 2.24) is 10.3 Å². The number of amides is 1. The van der Waals surface area contributed by atoms with Crippen molar-refractivity contribution in [1.29, 1.82) is 0 Å². The zero-order valence-corrected chi connectivity index (χ0v) is 17.2. The molecule has 1 amide bonds. The van der Waals surface area contributed by atoms with Crippen molar-refractivity contribution in [3.05, 3.63) is 65.9 Å². The van der Waals surface area contributed by atoms with E-state index in [1.54, 1.807) is 0 Å². The largest absolute Gasteiger partial charge is 0.378 e. The number of likely N-dealkylation sites (N-methyl/N-ethyl adjacent to an activating group) is 1. The van der Waals surface area contributed by atoms with Gasteiger partial charge in [-0.15, -0.1) is 0 Å². The fraction of sp³-hybridized carbons (Fsp3) is 0.348. The highest BCUT2D eigenvalue weighted by molar-refractivity contribution is 5.84. The minimum Gasteiger partial charge on any atom is -0.378 e. The molecule has 0 aliphatic carbocycles. The van der Waals surface area contributed by atoms with Gasteiger partial charge >= 0.3 is 0 Å². The predicted molar refractivity (Wildman–Crippen MR) is 116 cm³/mol. The first-order valence-electron chi connectivity index (χ1n) is 9.95. The number of fused-ring (bicyclic) bond motifs is 1. The van der Waals surface area contributed by atoms with Crippen LogP contribution in [0.1, 0.15) is 30.9 Å². The molecule has 0 aliphatic rings. The number of quaternary nitrogens is 1. The molecular weight excluding hydrogens is 348 g/mol. The molecule has 3 rings (SSSR count). The highest BCUT2D eigenvalue weighted by Gasteiger charge is 2.23. The Balaban J connectivity index is 1.91. The second kappa shape index (κ2) is 8.93. The second-order valence-electron chi connectivity index (χ2n) is 7.48. The van der Waals surface area contributed by atoms with Crippen LogP contribution >= 0.6 is 0 Å². The van der Waals surface area contributed by atoms with Gasteiger partial charge in [0.2, 0.25) is 0 Å². The van der Waals surface area contributed by atoms with Gasteiger partial charge in [0, 0.05) is 43.4 Å². The summed E-state index contributed by atoms with van der Waals surface area (Å²) in [6.45, 7) is 5.38. The van der Waals surface area contributed by atoms with E-state index in [1.807, 2.05) is 34.0 Å². The molecule has 0 spiro atoms. The summed E-state index contributed by atoms with van der Waals surface area (Å²) in [4.78, 5) is 17.7. The van der Waals surface area contributed by atoms with Crippen LogP contribution in [-0.4, -0.2) is 44.1 Å². The Kier molecular flexibility index (Phi) is 6.37. The Morgan fingerprint density at radius 2 is 1.86 bits per heavy atom. The summed E-state index contributed by atoms with van der Waals surface area (Å²) in [5.74, 6) is 0.285. The molecule has 1 heterocycles. The number of anilines is 1. The lowest BCUT2D eigenvalue weighted by molar-refractivity contribution is -0.674. The maximum Gasteiger partial charge on any atom is 0.277 e. The topological polar surface area (TPSA) is 64.7 Å². The lowest BCUT2D eigenvalue weighted by atomic mass is 9.90. The van der Waals surface area contributed by atoms with Gasteiger partial charge in [-0.1, -0.05) is 30.3 Å². The molecule has 0 aliphatic heterocycles. The third kappa shape index (κ3) is 4.37. The van der Waals surface area contributed by atoms with Gasteiger partial charge in [0.25, 0.3) is 5.91 Å². The van der Waals surface area contributed by atoms with E-state index in [1.165, 1.54) is 22.2 Å². The summed E-state index contributed by atoms with van der Waals surface area (Å²) in [7, 11) is 4.10. The summed E-state index contributed by atoms with van der Waals surface area (Å²) in [6, 6.07) is 17.0. The zero-order valence-electron chi connectivity index (χ0n) is 17.2. The van der Waals surface area contributed by atoms with Gasteiger partial charge in [-0.2, -0.15) is 0 Å². The number of nitrogens with two attached hydrogens (primary N) is 1. The van der Waals surface area contributed by atoms with Gasteiger partial charge in [-0.3, -0.25) is 4.79 Å². The molecule has 0 bridgehead atoms. The number of benzene rings is 2. The number of nitrogens with zero attached hydrogens (tertiary/aromatic N) is 1. The Morgan fingerprint density at radius 1 is 1.14 bits per heavy atom. The number of hydrogen-bond donors (Lipinski definition) is 3. The summed E-state index contributed by atoms with van der Waals surface area (Å²) in [5.41, 5.74) is 4.85. The van der Waals surface area contributed by atoms with Crippen molar-refractivity contribution >= 4 is 22.5 Å². The average molecular weight is 380 g/mol. The number of aromatic nitrogens is 1. The van der Waals surface area contributed by atoms with Crippen LogP contribution < -0.4 is 15.5 Å². The predicted octanol–water partition coefficient (Wildman–Crippen LogP) is 2.45. The Labute approximate surface area is 167 Å². The van der Waals surface area contributed by atoms with E-state index in [0.29, 0.717) is 6.54 Å². The van der Waals surface area contributed by atoms with Gasteiger partial charge < -0.3 is 20.5 Å². The average Bonchev–Trinajstić information content (AvgIpc) is 3.12. The SMILES string of the molecule is CCNC(=O)[C@@H](C)[NH2+]C[C@@H](c1ccc(N(C)C)cc1)c1c[nH]c2ccccc12. The molecule has 4 N–H and O–H groups in total. The normalized spacial score (nSPS) is 13.3. The van der Waals surface area contributed by atoms with Gasteiger partial charge in [0.15, 0.2) is 6.04 Å².